The highest BCUT2D eigenvalue weighted by Crippen LogP contribution is 2.15. The number of likely N-dealkylation sites (tertiary alicyclic amines) is 1. The molecular formula is C16H24FN3O. The molecule has 0 saturated carbocycles. The Morgan fingerprint density at radius 2 is 2.14 bits per heavy atom. The summed E-state index contributed by atoms with van der Waals surface area (Å²) in [7, 11) is 0. The molecule has 3 atom stereocenters. The average Bonchev–Trinajstić information content (AvgIpc) is 2.43. The van der Waals surface area contributed by atoms with Crippen LogP contribution >= 0.6 is 0 Å². The highest BCUT2D eigenvalue weighted by molar-refractivity contribution is 5.78. The third kappa shape index (κ3) is 4.51. The molecule has 1 fully saturated rings. The Labute approximate surface area is 125 Å². The van der Waals surface area contributed by atoms with Gasteiger partial charge in [0.1, 0.15) is 5.82 Å². The molecule has 1 heterocycles. The van der Waals surface area contributed by atoms with Gasteiger partial charge in [-0.15, -0.1) is 0 Å². The van der Waals surface area contributed by atoms with Crippen LogP contribution in [0.15, 0.2) is 24.3 Å². The number of hydrogen-bond donors (Lipinski definition) is 2. The Kier molecular flexibility index (Phi) is 5.31. The fourth-order valence-corrected chi connectivity index (χ4v) is 2.72. The molecule has 4 nitrogen and oxygen atoms in total. The molecule has 0 aliphatic carbocycles. The van der Waals surface area contributed by atoms with Gasteiger partial charge in [0.05, 0.1) is 12.6 Å². The fraction of sp³-hybridized carbons (Fsp3) is 0.562. The van der Waals surface area contributed by atoms with Crippen LogP contribution in [-0.2, 0) is 4.79 Å². The largest absolute Gasteiger partial charge is 0.348 e. The molecule has 1 aromatic carbocycles. The molecule has 0 radical (unpaired) electrons. The third-order valence-electron chi connectivity index (χ3n) is 4.17. The predicted octanol–water partition coefficient (Wildman–Crippen LogP) is 1.67. The van der Waals surface area contributed by atoms with Gasteiger partial charge in [0.25, 0.3) is 0 Å². The quantitative estimate of drug-likeness (QED) is 0.888. The molecule has 1 aliphatic heterocycles. The van der Waals surface area contributed by atoms with Crippen molar-refractivity contribution in [2.45, 2.75) is 32.4 Å². The van der Waals surface area contributed by atoms with Gasteiger partial charge in [0.15, 0.2) is 0 Å². The topological polar surface area (TPSA) is 58.4 Å². The summed E-state index contributed by atoms with van der Waals surface area (Å²) in [5.41, 5.74) is 6.88. The Morgan fingerprint density at radius 1 is 1.48 bits per heavy atom. The van der Waals surface area contributed by atoms with E-state index in [4.69, 9.17) is 5.73 Å². The number of rotatable bonds is 4. The molecule has 3 N–H and O–H groups in total. The Bertz CT molecular complexity index is 477. The lowest BCUT2D eigenvalue weighted by atomic mass is 9.95. The molecule has 1 aromatic rings. The minimum atomic E-state index is -0.268. The second-order valence-corrected chi connectivity index (χ2v) is 6.01. The van der Waals surface area contributed by atoms with E-state index in [1.165, 1.54) is 12.1 Å². The summed E-state index contributed by atoms with van der Waals surface area (Å²) in [6.07, 6.45) is 0.933. The van der Waals surface area contributed by atoms with E-state index in [0.717, 1.165) is 25.1 Å². The van der Waals surface area contributed by atoms with Crippen LogP contribution < -0.4 is 11.1 Å². The van der Waals surface area contributed by atoms with Crippen LogP contribution in [0.2, 0.25) is 0 Å². The molecule has 1 aliphatic rings. The first-order valence-electron chi connectivity index (χ1n) is 7.48. The summed E-state index contributed by atoms with van der Waals surface area (Å²) in [6.45, 7) is 6.14. The summed E-state index contributed by atoms with van der Waals surface area (Å²) in [4.78, 5) is 14.2. The SMILES string of the molecule is CC(NC(=O)CN1CCC(N)C(C)C1)c1ccc(F)cc1. The van der Waals surface area contributed by atoms with Gasteiger partial charge in [-0.05, 0) is 37.0 Å². The minimum Gasteiger partial charge on any atom is -0.348 e. The van der Waals surface area contributed by atoms with Gasteiger partial charge in [0.2, 0.25) is 5.91 Å². The van der Waals surface area contributed by atoms with Crippen molar-refractivity contribution in [1.82, 2.24) is 10.2 Å². The number of carbonyl (C=O) groups is 1. The normalized spacial score (nSPS) is 24.6. The standard InChI is InChI=1S/C16H24FN3O/c1-11-9-20(8-7-15(11)18)10-16(21)19-12(2)13-3-5-14(17)6-4-13/h3-6,11-12,15H,7-10,18H2,1-2H3,(H,19,21). The van der Waals surface area contributed by atoms with Crippen LogP contribution in [0.5, 0.6) is 0 Å². The number of nitrogens with zero attached hydrogens (tertiary/aromatic N) is 1. The molecule has 0 spiro atoms. The minimum absolute atomic E-state index is 0.00510. The molecule has 0 bridgehead atoms. The van der Waals surface area contributed by atoms with E-state index in [1.54, 1.807) is 12.1 Å². The first-order valence-corrected chi connectivity index (χ1v) is 7.48. The van der Waals surface area contributed by atoms with E-state index in [-0.39, 0.29) is 23.8 Å². The van der Waals surface area contributed by atoms with Gasteiger partial charge in [-0.2, -0.15) is 0 Å². The van der Waals surface area contributed by atoms with Crippen LogP contribution in [0, 0.1) is 11.7 Å². The second-order valence-electron chi connectivity index (χ2n) is 6.01. The van der Waals surface area contributed by atoms with Crippen LogP contribution in [0.1, 0.15) is 31.9 Å². The number of hydrogen-bond acceptors (Lipinski definition) is 3. The third-order valence-corrected chi connectivity index (χ3v) is 4.17. The van der Waals surface area contributed by atoms with Gasteiger partial charge in [-0.25, -0.2) is 4.39 Å². The zero-order valence-electron chi connectivity index (χ0n) is 12.7. The number of halogens is 1. The number of nitrogens with one attached hydrogen (secondary N) is 1. The van der Waals surface area contributed by atoms with Crippen LogP contribution in [-0.4, -0.2) is 36.5 Å². The van der Waals surface area contributed by atoms with Gasteiger partial charge >= 0.3 is 0 Å². The lowest BCUT2D eigenvalue weighted by molar-refractivity contribution is -0.123. The highest BCUT2D eigenvalue weighted by Gasteiger charge is 2.24. The summed E-state index contributed by atoms with van der Waals surface area (Å²) < 4.78 is 12.9. The number of amides is 1. The lowest BCUT2D eigenvalue weighted by Crippen LogP contribution is -2.49. The van der Waals surface area contributed by atoms with Gasteiger partial charge in [0, 0.05) is 19.1 Å². The molecule has 5 heteroatoms. The van der Waals surface area contributed by atoms with Crippen LogP contribution in [0.25, 0.3) is 0 Å². The van der Waals surface area contributed by atoms with Crippen molar-refractivity contribution in [3.8, 4) is 0 Å². The Morgan fingerprint density at radius 3 is 2.76 bits per heavy atom. The van der Waals surface area contributed by atoms with E-state index in [0.29, 0.717) is 12.5 Å². The molecule has 3 unspecified atom stereocenters. The number of piperidine rings is 1. The number of carbonyl (C=O) groups excluding carboxylic acids is 1. The van der Waals surface area contributed by atoms with Crippen molar-refractivity contribution < 1.29 is 9.18 Å². The van der Waals surface area contributed by atoms with Gasteiger partial charge in [-0.3, -0.25) is 9.69 Å². The highest BCUT2D eigenvalue weighted by atomic mass is 19.1. The molecule has 21 heavy (non-hydrogen) atoms. The van der Waals surface area contributed by atoms with Crippen molar-refractivity contribution >= 4 is 5.91 Å². The van der Waals surface area contributed by atoms with Crippen molar-refractivity contribution in [3.63, 3.8) is 0 Å². The van der Waals surface area contributed by atoms with Crippen molar-refractivity contribution in [3.05, 3.63) is 35.6 Å². The number of nitrogens with two attached hydrogens (primary N) is 1. The van der Waals surface area contributed by atoms with Crippen molar-refractivity contribution in [1.29, 1.82) is 0 Å². The molecule has 116 valence electrons. The predicted molar refractivity (Wildman–Crippen MR) is 81.2 cm³/mol. The van der Waals surface area contributed by atoms with Crippen LogP contribution in [0.3, 0.4) is 0 Å². The first kappa shape index (κ1) is 15.9. The zero-order chi connectivity index (χ0) is 15.4. The maximum Gasteiger partial charge on any atom is 0.234 e. The maximum absolute atomic E-state index is 12.9. The molecule has 1 amide bonds. The Hall–Kier alpha value is -1.46. The van der Waals surface area contributed by atoms with Crippen molar-refractivity contribution in [2.24, 2.45) is 11.7 Å². The maximum atomic E-state index is 12.9. The summed E-state index contributed by atoms with van der Waals surface area (Å²) in [5, 5.41) is 2.95. The number of benzene rings is 1. The van der Waals surface area contributed by atoms with Crippen molar-refractivity contribution in [2.75, 3.05) is 19.6 Å². The summed E-state index contributed by atoms with van der Waals surface area (Å²) in [6, 6.07) is 6.33. The van der Waals surface area contributed by atoms with Gasteiger partial charge in [-0.1, -0.05) is 19.1 Å². The smallest absolute Gasteiger partial charge is 0.234 e. The van der Waals surface area contributed by atoms with Crippen LogP contribution in [0.4, 0.5) is 4.39 Å². The molecule has 0 aromatic heterocycles. The Balaban J connectivity index is 1.82. The van der Waals surface area contributed by atoms with E-state index < -0.39 is 0 Å². The first-order chi connectivity index (χ1) is 9.95. The fourth-order valence-electron chi connectivity index (χ4n) is 2.72. The van der Waals surface area contributed by atoms with E-state index in [9.17, 15) is 9.18 Å². The van der Waals surface area contributed by atoms with E-state index >= 15 is 0 Å². The summed E-state index contributed by atoms with van der Waals surface area (Å²) in [5.74, 6) is 0.145. The average molecular weight is 293 g/mol. The van der Waals surface area contributed by atoms with E-state index in [2.05, 4.69) is 17.1 Å². The molecular weight excluding hydrogens is 269 g/mol. The second kappa shape index (κ2) is 7.00. The lowest BCUT2D eigenvalue weighted by Gasteiger charge is -2.34. The molecule has 1 saturated heterocycles. The zero-order valence-corrected chi connectivity index (χ0v) is 12.7. The molecule has 2 rings (SSSR count). The van der Waals surface area contributed by atoms with E-state index in [1.807, 2.05) is 6.92 Å². The van der Waals surface area contributed by atoms with Gasteiger partial charge < -0.3 is 11.1 Å². The monoisotopic (exact) mass is 293 g/mol. The summed E-state index contributed by atoms with van der Waals surface area (Å²) >= 11 is 0.